The molecule has 1 aromatic carbocycles. The van der Waals surface area contributed by atoms with Gasteiger partial charge >= 0.3 is 0 Å². The normalized spacial score (nSPS) is 28.6. The lowest BCUT2D eigenvalue weighted by Gasteiger charge is -2.42. The summed E-state index contributed by atoms with van der Waals surface area (Å²) in [5.41, 5.74) is 1.44. The third kappa shape index (κ3) is 4.06. The van der Waals surface area contributed by atoms with Gasteiger partial charge in [-0.3, -0.25) is 9.80 Å². The molecular formula is C18H29N3. The SMILES string of the molecule is CNC1CCC(N2CCN(Cc3ccccc3)CC2)CC1. The first-order valence-corrected chi connectivity index (χ1v) is 8.53. The van der Waals surface area contributed by atoms with E-state index in [1.165, 1.54) is 57.4 Å². The zero-order valence-electron chi connectivity index (χ0n) is 13.3. The molecule has 0 amide bonds. The van der Waals surface area contributed by atoms with E-state index in [0.717, 1.165) is 18.6 Å². The zero-order valence-corrected chi connectivity index (χ0v) is 13.3. The highest BCUT2D eigenvalue weighted by molar-refractivity contribution is 5.14. The van der Waals surface area contributed by atoms with Crippen molar-refractivity contribution in [2.24, 2.45) is 0 Å². The Balaban J connectivity index is 1.43. The molecule has 3 nitrogen and oxygen atoms in total. The Labute approximate surface area is 129 Å². The summed E-state index contributed by atoms with van der Waals surface area (Å²) in [5.74, 6) is 0. The van der Waals surface area contributed by atoms with Gasteiger partial charge in [-0.1, -0.05) is 30.3 Å². The van der Waals surface area contributed by atoms with E-state index in [1.54, 1.807) is 0 Å². The van der Waals surface area contributed by atoms with Crippen LogP contribution < -0.4 is 5.32 Å². The third-order valence-corrected chi connectivity index (χ3v) is 5.28. The maximum atomic E-state index is 3.43. The largest absolute Gasteiger partial charge is 0.317 e. The average Bonchev–Trinajstić information content (AvgIpc) is 2.57. The number of hydrogen-bond acceptors (Lipinski definition) is 3. The smallest absolute Gasteiger partial charge is 0.0234 e. The first kappa shape index (κ1) is 15.0. The van der Waals surface area contributed by atoms with Gasteiger partial charge in [-0.15, -0.1) is 0 Å². The number of nitrogens with one attached hydrogen (secondary N) is 1. The first-order valence-electron chi connectivity index (χ1n) is 8.53. The molecule has 1 aromatic rings. The summed E-state index contributed by atoms with van der Waals surface area (Å²) in [6, 6.07) is 12.5. The lowest BCUT2D eigenvalue weighted by Crippen LogP contribution is -2.51. The minimum atomic E-state index is 0.764. The van der Waals surface area contributed by atoms with Crippen molar-refractivity contribution in [3.63, 3.8) is 0 Å². The fraction of sp³-hybridized carbons (Fsp3) is 0.667. The molecule has 3 heteroatoms. The van der Waals surface area contributed by atoms with Crippen LogP contribution in [0, 0.1) is 0 Å². The standard InChI is InChI=1S/C18H29N3/c1-19-17-7-9-18(10-8-17)21-13-11-20(12-14-21)15-16-5-3-2-4-6-16/h2-6,17-19H,7-15H2,1H3. The van der Waals surface area contributed by atoms with Crippen LogP contribution in [-0.4, -0.2) is 55.1 Å². The van der Waals surface area contributed by atoms with Crippen LogP contribution in [-0.2, 0) is 6.54 Å². The van der Waals surface area contributed by atoms with Crippen molar-refractivity contribution in [1.29, 1.82) is 0 Å². The van der Waals surface area contributed by atoms with E-state index in [9.17, 15) is 0 Å². The number of benzene rings is 1. The molecule has 0 spiro atoms. The summed E-state index contributed by atoms with van der Waals surface area (Å²) in [5, 5.41) is 3.43. The lowest BCUT2D eigenvalue weighted by atomic mass is 9.90. The summed E-state index contributed by atoms with van der Waals surface area (Å²) >= 11 is 0. The Morgan fingerprint density at radius 2 is 1.62 bits per heavy atom. The van der Waals surface area contributed by atoms with Crippen LogP contribution in [0.3, 0.4) is 0 Å². The van der Waals surface area contributed by atoms with Gasteiger partial charge in [-0.25, -0.2) is 0 Å². The molecule has 0 atom stereocenters. The van der Waals surface area contributed by atoms with E-state index >= 15 is 0 Å². The molecule has 0 radical (unpaired) electrons. The number of piperazine rings is 1. The second-order valence-corrected chi connectivity index (χ2v) is 6.59. The topological polar surface area (TPSA) is 18.5 Å². The molecule has 2 fully saturated rings. The van der Waals surface area contributed by atoms with Gasteiger partial charge in [0, 0.05) is 44.8 Å². The highest BCUT2D eigenvalue weighted by Crippen LogP contribution is 2.24. The molecular weight excluding hydrogens is 258 g/mol. The molecule has 21 heavy (non-hydrogen) atoms. The van der Waals surface area contributed by atoms with Crippen LogP contribution >= 0.6 is 0 Å². The molecule has 0 unspecified atom stereocenters. The fourth-order valence-corrected chi connectivity index (χ4v) is 3.86. The maximum Gasteiger partial charge on any atom is 0.0234 e. The molecule has 1 aliphatic carbocycles. The van der Waals surface area contributed by atoms with Crippen molar-refractivity contribution in [3.05, 3.63) is 35.9 Å². The molecule has 1 saturated carbocycles. The van der Waals surface area contributed by atoms with Crippen LogP contribution in [0.15, 0.2) is 30.3 Å². The molecule has 2 aliphatic rings. The number of hydrogen-bond donors (Lipinski definition) is 1. The second-order valence-electron chi connectivity index (χ2n) is 6.59. The summed E-state index contributed by atoms with van der Waals surface area (Å²) in [7, 11) is 2.10. The van der Waals surface area contributed by atoms with Gasteiger partial charge in [0.1, 0.15) is 0 Å². The van der Waals surface area contributed by atoms with Crippen LogP contribution in [0.4, 0.5) is 0 Å². The van der Waals surface area contributed by atoms with Crippen molar-refractivity contribution in [2.75, 3.05) is 33.2 Å². The minimum absolute atomic E-state index is 0.764. The van der Waals surface area contributed by atoms with Crippen LogP contribution in [0.5, 0.6) is 0 Å². The van der Waals surface area contributed by atoms with Gasteiger partial charge in [-0.05, 0) is 38.3 Å². The Bertz CT molecular complexity index is 404. The van der Waals surface area contributed by atoms with Crippen LogP contribution in [0.2, 0.25) is 0 Å². The quantitative estimate of drug-likeness (QED) is 0.917. The van der Waals surface area contributed by atoms with E-state index < -0.39 is 0 Å². The highest BCUT2D eigenvalue weighted by atomic mass is 15.3. The number of nitrogens with zero attached hydrogens (tertiary/aromatic N) is 2. The van der Waals surface area contributed by atoms with Gasteiger partial charge < -0.3 is 5.32 Å². The third-order valence-electron chi connectivity index (χ3n) is 5.28. The predicted molar refractivity (Wildman–Crippen MR) is 88.4 cm³/mol. The van der Waals surface area contributed by atoms with Gasteiger partial charge in [0.15, 0.2) is 0 Å². The predicted octanol–water partition coefficient (Wildman–Crippen LogP) is 2.33. The van der Waals surface area contributed by atoms with E-state index in [0.29, 0.717) is 0 Å². The molecule has 1 N–H and O–H groups in total. The van der Waals surface area contributed by atoms with Gasteiger partial charge in [0.05, 0.1) is 0 Å². The number of rotatable bonds is 4. The van der Waals surface area contributed by atoms with Gasteiger partial charge in [0.2, 0.25) is 0 Å². The molecule has 116 valence electrons. The van der Waals surface area contributed by atoms with Crippen molar-refractivity contribution in [1.82, 2.24) is 15.1 Å². The lowest BCUT2D eigenvalue weighted by molar-refractivity contribution is 0.0713. The van der Waals surface area contributed by atoms with E-state index in [1.807, 2.05) is 0 Å². The summed E-state index contributed by atoms with van der Waals surface area (Å²) in [6.07, 6.45) is 5.46. The van der Waals surface area contributed by atoms with Gasteiger partial charge in [0.25, 0.3) is 0 Å². The summed E-state index contributed by atoms with van der Waals surface area (Å²) in [6.45, 7) is 6.06. The molecule has 0 bridgehead atoms. The van der Waals surface area contributed by atoms with Crippen LogP contribution in [0.25, 0.3) is 0 Å². The van der Waals surface area contributed by atoms with Crippen molar-refractivity contribution >= 4 is 0 Å². The highest BCUT2D eigenvalue weighted by Gasteiger charge is 2.27. The van der Waals surface area contributed by atoms with E-state index in [2.05, 4.69) is 52.5 Å². The van der Waals surface area contributed by atoms with Crippen molar-refractivity contribution < 1.29 is 0 Å². The first-order chi connectivity index (χ1) is 10.3. The van der Waals surface area contributed by atoms with E-state index in [-0.39, 0.29) is 0 Å². The van der Waals surface area contributed by atoms with Crippen LogP contribution in [0.1, 0.15) is 31.2 Å². The summed E-state index contributed by atoms with van der Waals surface area (Å²) in [4.78, 5) is 5.35. The Kier molecular flexibility index (Phi) is 5.28. The molecule has 0 aromatic heterocycles. The monoisotopic (exact) mass is 287 g/mol. The summed E-state index contributed by atoms with van der Waals surface area (Å²) < 4.78 is 0. The van der Waals surface area contributed by atoms with Crippen molar-refractivity contribution in [2.45, 2.75) is 44.3 Å². The maximum absolute atomic E-state index is 3.43. The average molecular weight is 287 g/mol. The fourth-order valence-electron chi connectivity index (χ4n) is 3.86. The Morgan fingerprint density at radius 3 is 2.24 bits per heavy atom. The molecule has 1 heterocycles. The minimum Gasteiger partial charge on any atom is -0.317 e. The Hall–Kier alpha value is -0.900. The molecule has 3 rings (SSSR count). The Morgan fingerprint density at radius 1 is 0.952 bits per heavy atom. The zero-order chi connectivity index (χ0) is 14.5. The van der Waals surface area contributed by atoms with Crippen molar-refractivity contribution in [3.8, 4) is 0 Å². The van der Waals surface area contributed by atoms with E-state index in [4.69, 9.17) is 0 Å². The molecule has 1 aliphatic heterocycles. The van der Waals surface area contributed by atoms with Gasteiger partial charge in [-0.2, -0.15) is 0 Å². The molecule has 1 saturated heterocycles. The second kappa shape index (κ2) is 7.39.